The molecule has 2 N–H and O–H groups in total. The number of aryl methyl sites for hydroxylation is 2. The van der Waals surface area contributed by atoms with Gasteiger partial charge in [-0.05, 0) is 30.9 Å². The molecule has 5 nitrogen and oxygen atoms in total. The Morgan fingerprint density at radius 2 is 2.13 bits per heavy atom. The minimum absolute atomic E-state index is 0.0398. The van der Waals surface area contributed by atoms with Crippen LogP contribution >= 0.6 is 11.3 Å². The summed E-state index contributed by atoms with van der Waals surface area (Å²) in [6, 6.07) is 11.8. The number of hydrogen-bond acceptors (Lipinski definition) is 4. The molecule has 0 spiro atoms. The van der Waals surface area contributed by atoms with E-state index in [1.165, 1.54) is 16.9 Å². The average Bonchev–Trinajstić information content (AvgIpc) is 3.29. The van der Waals surface area contributed by atoms with Gasteiger partial charge in [0.25, 0.3) is 5.91 Å². The minimum atomic E-state index is -0.0398. The number of hydrogen-bond donors (Lipinski definition) is 2. The zero-order chi connectivity index (χ0) is 15.6. The van der Waals surface area contributed by atoms with Crippen molar-refractivity contribution >= 4 is 17.2 Å². The van der Waals surface area contributed by atoms with E-state index in [4.69, 9.17) is 0 Å². The molecule has 0 aliphatic heterocycles. The predicted molar refractivity (Wildman–Crippen MR) is 89.3 cm³/mol. The number of aromatic nitrogens is 3. The van der Waals surface area contributed by atoms with Gasteiger partial charge in [-0.25, -0.2) is 4.98 Å². The lowest BCUT2D eigenvalue weighted by atomic mass is 10.2. The summed E-state index contributed by atoms with van der Waals surface area (Å²) in [6.07, 6.45) is 3.42. The highest BCUT2D eigenvalue weighted by Gasteiger charge is 2.18. The van der Waals surface area contributed by atoms with Gasteiger partial charge in [-0.2, -0.15) is 5.10 Å². The van der Waals surface area contributed by atoms with Crippen molar-refractivity contribution in [1.29, 1.82) is 0 Å². The van der Waals surface area contributed by atoms with Crippen LogP contribution in [-0.2, 0) is 19.4 Å². The van der Waals surface area contributed by atoms with Gasteiger partial charge in [0.2, 0.25) is 0 Å². The highest BCUT2D eigenvalue weighted by atomic mass is 32.1. The largest absolute Gasteiger partial charge is 0.344 e. The summed E-state index contributed by atoms with van der Waals surface area (Å²) in [5, 5.41) is 9.98. The molecule has 2 heterocycles. The number of carbonyl (C=O) groups is 1. The molecule has 0 bridgehead atoms. The van der Waals surface area contributed by atoms with Gasteiger partial charge in [-0.3, -0.25) is 9.89 Å². The quantitative estimate of drug-likeness (QED) is 0.775. The molecule has 1 amide bonds. The number of benzene rings is 1. The fourth-order valence-electron chi connectivity index (χ4n) is 2.78. The molecule has 0 fully saturated rings. The van der Waals surface area contributed by atoms with E-state index in [1.807, 2.05) is 36.4 Å². The molecule has 1 aromatic carbocycles. The number of nitrogens with zero attached hydrogens (tertiary/aromatic N) is 2. The van der Waals surface area contributed by atoms with Crippen molar-refractivity contribution in [3.8, 4) is 11.4 Å². The van der Waals surface area contributed by atoms with Crippen molar-refractivity contribution in [3.05, 3.63) is 57.5 Å². The molecule has 116 valence electrons. The first-order valence-corrected chi connectivity index (χ1v) is 8.48. The van der Waals surface area contributed by atoms with Crippen molar-refractivity contribution in [3.63, 3.8) is 0 Å². The Bertz CT molecular complexity index is 816. The molecule has 0 atom stereocenters. The maximum absolute atomic E-state index is 12.2. The second-order valence-corrected chi connectivity index (χ2v) is 6.70. The van der Waals surface area contributed by atoms with Crippen LogP contribution in [0.2, 0.25) is 0 Å². The van der Waals surface area contributed by atoms with Crippen molar-refractivity contribution in [2.45, 2.75) is 25.8 Å². The predicted octanol–water partition coefficient (Wildman–Crippen LogP) is 2.95. The molecular weight excluding hydrogens is 308 g/mol. The van der Waals surface area contributed by atoms with Crippen LogP contribution in [-0.4, -0.2) is 21.1 Å². The Labute approximate surface area is 137 Å². The number of carbonyl (C=O) groups excluding carboxylic acids is 1. The number of amides is 1. The van der Waals surface area contributed by atoms with E-state index in [2.05, 4.69) is 20.5 Å². The Kier molecular flexibility index (Phi) is 3.67. The molecule has 4 rings (SSSR count). The highest BCUT2D eigenvalue weighted by molar-refractivity contribution is 7.14. The number of thiophene rings is 1. The van der Waals surface area contributed by atoms with Crippen LogP contribution in [0.1, 0.15) is 32.4 Å². The van der Waals surface area contributed by atoms with E-state index in [0.29, 0.717) is 18.2 Å². The lowest BCUT2D eigenvalue weighted by molar-refractivity contribution is 0.0954. The summed E-state index contributed by atoms with van der Waals surface area (Å²) in [4.78, 5) is 18.8. The Morgan fingerprint density at radius 1 is 1.26 bits per heavy atom. The summed E-state index contributed by atoms with van der Waals surface area (Å²) in [5.41, 5.74) is 2.29. The lowest BCUT2D eigenvalue weighted by Crippen LogP contribution is -2.22. The van der Waals surface area contributed by atoms with Gasteiger partial charge in [0.15, 0.2) is 5.82 Å². The summed E-state index contributed by atoms with van der Waals surface area (Å²) < 4.78 is 0. The number of H-pyrrole nitrogens is 1. The van der Waals surface area contributed by atoms with E-state index in [9.17, 15) is 4.79 Å². The molecule has 3 aromatic rings. The normalized spacial score (nSPS) is 13.0. The number of rotatable bonds is 4. The number of fused-ring (bicyclic) bond motifs is 1. The van der Waals surface area contributed by atoms with E-state index < -0.39 is 0 Å². The summed E-state index contributed by atoms with van der Waals surface area (Å²) in [6.45, 7) is 0.348. The van der Waals surface area contributed by atoms with Crippen LogP contribution in [0.25, 0.3) is 11.4 Å². The third-order valence-corrected chi connectivity index (χ3v) is 5.19. The lowest BCUT2D eigenvalue weighted by Gasteiger charge is -2.00. The van der Waals surface area contributed by atoms with Crippen LogP contribution < -0.4 is 5.32 Å². The fraction of sp³-hybridized carbons (Fsp3) is 0.235. The zero-order valence-electron chi connectivity index (χ0n) is 12.5. The Balaban J connectivity index is 1.41. The topological polar surface area (TPSA) is 70.7 Å². The molecule has 0 saturated heterocycles. The second-order valence-electron chi connectivity index (χ2n) is 5.57. The molecule has 23 heavy (non-hydrogen) atoms. The number of aromatic amines is 1. The van der Waals surface area contributed by atoms with Gasteiger partial charge in [0.05, 0.1) is 11.4 Å². The summed E-state index contributed by atoms with van der Waals surface area (Å²) in [5.74, 6) is 1.26. The molecule has 2 aromatic heterocycles. The van der Waals surface area contributed by atoms with Gasteiger partial charge in [0, 0.05) is 10.4 Å². The monoisotopic (exact) mass is 324 g/mol. The second kappa shape index (κ2) is 5.96. The minimum Gasteiger partial charge on any atom is -0.344 e. The summed E-state index contributed by atoms with van der Waals surface area (Å²) in [7, 11) is 0. The molecule has 6 heteroatoms. The van der Waals surface area contributed by atoms with Gasteiger partial charge in [-0.1, -0.05) is 30.3 Å². The summed E-state index contributed by atoms with van der Waals surface area (Å²) >= 11 is 1.61. The third-order valence-electron chi connectivity index (χ3n) is 3.95. The molecule has 1 aliphatic rings. The molecule has 0 radical (unpaired) electrons. The fourth-order valence-corrected chi connectivity index (χ4v) is 3.95. The molecular formula is C17H16N4OS. The van der Waals surface area contributed by atoms with E-state index >= 15 is 0 Å². The van der Waals surface area contributed by atoms with Crippen molar-refractivity contribution in [1.82, 2.24) is 20.5 Å². The van der Waals surface area contributed by atoms with E-state index in [-0.39, 0.29) is 5.91 Å². The van der Waals surface area contributed by atoms with E-state index in [0.717, 1.165) is 23.3 Å². The van der Waals surface area contributed by atoms with Crippen LogP contribution in [0, 0.1) is 0 Å². The first-order valence-electron chi connectivity index (χ1n) is 7.66. The molecule has 0 unspecified atom stereocenters. The smallest absolute Gasteiger partial charge is 0.261 e. The van der Waals surface area contributed by atoms with Crippen molar-refractivity contribution < 1.29 is 4.79 Å². The van der Waals surface area contributed by atoms with Gasteiger partial charge in [-0.15, -0.1) is 11.3 Å². The molecule has 0 saturated carbocycles. The first-order chi connectivity index (χ1) is 11.3. The number of nitrogens with one attached hydrogen (secondary N) is 2. The molecule has 1 aliphatic carbocycles. The highest BCUT2D eigenvalue weighted by Crippen LogP contribution is 2.30. The Morgan fingerprint density at radius 3 is 2.96 bits per heavy atom. The maximum atomic E-state index is 12.2. The van der Waals surface area contributed by atoms with E-state index in [1.54, 1.807) is 11.3 Å². The van der Waals surface area contributed by atoms with Gasteiger partial charge < -0.3 is 5.32 Å². The Hall–Kier alpha value is -2.47. The maximum Gasteiger partial charge on any atom is 0.261 e. The standard InChI is InChI=1S/C17H16N4OS/c22-17(14-9-12-7-4-8-13(12)23-14)18-10-15-19-16(21-20-15)11-5-2-1-3-6-11/h1-3,5-6,9H,4,7-8,10H2,(H,18,22)(H,19,20,21). The van der Waals surface area contributed by atoms with Crippen LogP contribution in [0.5, 0.6) is 0 Å². The first kappa shape index (κ1) is 14.1. The third kappa shape index (κ3) is 2.90. The van der Waals surface area contributed by atoms with Crippen LogP contribution in [0.15, 0.2) is 36.4 Å². The van der Waals surface area contributed by atoms with Gasteiger partial charge in [0.1, 0.15) is 5.82 Å². The van der Waals surface area contributed by atoms with Gasteiger partial charge >= 0.3 is 0 Å². The zero-order valence-corrected chi connectivity index (χ0v) is 13.3. The van der Waals surface area contributed by atoms with Crippen molar-refractivity contribution in [2.75, 3.05) is 0 Å². The van der Waals surface area contributed by atoms with Crippen LogP contribution in [0.4, 0.5) is 0 Å². The van der Waals surface area contributed by atoms with Crippen LogP contribution in [0.3, 0.4) is 0 Å². The SMILES string of the molecule is O=C(NCc1nc(-c2ccccc2)n[nH]1)c1cc2c(s1)CCC2. The average molecular weight is 324 g/mol. The van der Waals surface area contributed by atoms with Crippen molar-refractivity contribution in [2.24, 2.45) is 0 Å².